The zero-order valence-electron chi connectivity index (χ0n) is 21.6. The molecule has 4 heteroatoms. The lowest BCUT2D eigenvalue weighted by molar-refractivity contribution is -0.122. The van der Waals surface area contributed by atoms with Gasteiger partial charge in [-0.3, -0.25) is 9.69 Å². The fourth-order valence-electron chi connectivity index (χ4n) is 4.63. The van der Waals surface area contributed by atoms with E-state index in [4.69, 9.17) is 4.74 Å². The number of nitrogens with one attached hydrogen (secondary N) is 1. The lowest BCUT2D eigenvalue weighted by Crippen LogP contribution is -2.40. The Morgan fingerprint density at radius 3 is 1.66 bits per heavy atom. The van der Waals surface area contributed by atoms with Gasteiger partial charge in [0.05, 0.1) is 6.54 Å². The Morgan fingerprint density at radius 2 is 1.12 bits per heavy atom. The van der Waals surface area contributed by atoms with E-state index in [9.17, 15) is 4.79 Å². The average Bonchev–Trinajstić information content (AvgIpc) is 2.80. The van der Waals surface area contributed by atoms with Gasteiger partial charge in [-0.25, -0.2) is 0 Å². The van der Waals surface area contributed by atoms with E-state index in [1.807, 2.05) is 0 Å². The van der Waals surface area contributed by atoms with Crippen LogP contribution in [0.4, 0.5) is 0 Å². The maximum Gasteiger partial charge on any atom is 0.234 e. The van der Waals surface area contributed by atoms with Crippen molar-refractivity contribution >= 4 is 5.91 Å². The fraction of sp³-hybridized carbons (Fsp3) is 0.964. The van der Waals surface area contributed by atoms with Crippen molar-refractivity contribution in [3.63, 3.8) is 0 Å². The third kappa shape index (κ3) is 20.0. The Morgan fingerprint density at radius 1 is 0.656 bits per heavy atom. The number of carbonyl (C=O) groups excluding carboxylic acids is 1. The van der Waals surface area contributed by atoms with Gasteiger partial charge in [0.25, 0.3) is 0 Å². The second-order valence-corrected chi connectivity index (χ2v) is 9.96. The van der Waals surface area contributed by atoms with Crippen LogP contribution in [0.15, 0.2) is 0 Å². The van der Waals surface area contributed by atoms with Crippen LogP contribution in [-0.2, 0) is 9.53 Å². The largest absolute Gasteiger partial charge is 0.381 e. The second-order valence-electron chi connectivity index (χ2n) is 9.96. The molecule has 0 saturated carbocycles. The highest BCUT2D eigenvalue weighted by Crippen LogP contribution is 2.13. The first-order chi connectivity index (χ1) is 15.8. The summed E-state index contributed by atoms with van der Waals surface area (Å²) < 4.78 is 5.72. The maximum atomic E-state index is 11.9. The van der Waals surface area contributed by atoms with Crippen LogP contribution in [0.1, 0.15) is 135 Å². The molecule has 1 aliphatic heterocycles. The van der Waals surface area contributed by atoms with Gasteiger partial charge in [-0.05, 0) is 38.8 Å². The van der Waals surface area contributed by atoms with E-state index in [-0.39, 0.29) is 5.91 Å². The number of ether oxygens (including phenoxy) is 1. The fourth-order valence-corrected chi connectivity index (χ4v) is 4.63. The molecule has 1 N–H and O–H groups in total. The van der Waals surface area contributed by atoms with E-state index in [0.717, 1.165) is 39.3 Å². The number of hydrogen-bond acceptors (Lipinski definition) is 3. The number of hydrogen-bond donors (Lipinski definition) is 1. The molecule has 0 aromatic carbocycles. The highest BCUT2D eigenvalue weighted by molar-refractivity contribution is 5.77. The molecule has 190 valence electrons. The molecule has 32 heavy (non-hydrogen) atoms. The third-order valence-electron chi connectivity index (χ3n) is 6.75. The van der Waals surface area contributed by atoms with E-state index in [1.165, 1.54) is 122 Å². The number of rotatable bonds is 23. The summed E-state index contributed by atoms with van der Waals surface area (Å²) in [5, 5.41) is 3.03. The number of carbonyl (C=O) groups is 1. The Labute approximate surface area is 200 Å². The number of unbranched alkanes of at least 4 members (excludes halogenated alkanes) is 15. The van der Waals surface area contributed by atoms with E-state index >= 15 is 0 Å². The third-order valence-corrected chi connectivity index (χ3v) is 6.75. The summed E-state index contributed by atoms with van der Waals surface area (Å²) in [5.41, 5.74) is 0. The minimum atomic E-state index is 0.171. The highest BCUT2D eigenvalue weighted by Gasteiger charge is 2.13. The zero-order chi connectivity index (χ0) is 23.0. The molecule has 0 aromatic rings. The topological polar surface area (TPSA) is 41.6 Å². The number of likely N-dealkylation sites (tertiary alicyclic amines) is 1. The molecule has 4 nitrogen and oxygen atoms in total. The Balaban J connectivity index is 1.68. The van der Waals surface area contributed by atoms with E-state index in [2.05, 4.69) is 17.1 Å². The standard InChI is InChI=1S/C28H56N2O2/c1-2-3-4-5-6-7-8-9-10-11-12-13-14-15-16-20-25-32-26-21-22-29-28(31)27-30-23-18-17-19-24-30/h2-27H2,1H3,(H,29,31). The lowest BCUT2D eigenvalue weighted by atomic mass is 10.0. The summed E-state index contributed by atoms with van der Waals surface area (Å²) in [6.45, 7) is 7.40. The molecular formula is C28H56N2O2. The highest BCUT2D eigenvalue weighted by atomic mass is 16.5. The minimum Gasteiger partial charge on any atom is -0.381 e. The average molecular weight is 453 g/mol. The Hall–Kier alpha value is -0.610. The molecule has 0 aliphatic carbocycles. The smallest absolute Gasteiger partial charge is 0.234 e. The van der Waals surface area contributed by atoms with Crippen molar-refractivity contribution in [2.24, 2.45) is 0 Å². The first kappa shape index (κ1) is 29.4. The minimum absolute atomic E-state index is 0.171. The van der Waals surface area contributed by atoms with E-state index in [1.54, 1.807) is 0 Å². The summed E-state index contributed by atoms with van der Waals surface area (Å²) in [7, 11) is 0. The van der Waals surface area contributed by atoms with Crippen molar-refractivity contribution in [2.45, 2.75) is 135 Å². The van der Waals surface area contributed by atoms with Crippen LogP contribution in [0.2, 0.25) is 0 Å². The SMILES string of the molecule is CCCCCCCCCCCCCCCCCCOCCCNC(=O)CN1CCCCC1. The van der Waals surface area contributed by atoms with Gasteiger partial charge in [-0.15, -0.1) is 0 Å². The van der Waals surface area contributed by atoms with Crippen LogP contribution in [0.5, 0.6) is 0 Å². The van der Waals surface area contributed by atoms with Crippen LogP contribution in [0.25, 0.3) is 0 Å². The monoisotopic (exact) mass is 452 g/mol. The summed E-state index contributed by atoms with van der Waals surface area (Å²) in [6.07, 6.45) is 27.2. The summed E-state index contributed by atoms with van der Waals surface area (Å²) in [6, 6.07) is 0. The van der Waals surface area contributed by atoms with E-state index in [0.29, 0.717) is 6.54 Å². The predicted octanol–water partition coefficient (Wildman–Crippen LogP) is 7.26. The maximum absolute atomic E-state index is 11.9. The molecule has 0 spiro atoms. The van der Waals surface area contributed by atoms with Crippen molar-refractivity contribution in [1.82, 2.24) is 10.2 Å². The molecule has 1 heterocycles. The molecule has 0 atom stereocenters. The van der Waals surface area contributed by atoms with Gasteiger partial charge in [0.2, 0.25) is 5.91 Å². The molecule has 0 unspecified atom stereocenters. The Kier molecular flexibility index (Phi) is 21.6. The van der Waals surface area contributed by atoms with Gasteiger partial charge < -0.3 is 10.1 Å². The van der Waals surface area contributed by atoms with Crippen LogP contribution in [0.3, 0.4) is 0 Å². The second kappa shape index (κ2) is 23.5. The van der Waals surface area contributed by atoms with Crippen molar-refractivity contribution in [2.75, 3.05) is 39.4 Å². The number of nitrogens with zero attached hydrogens (tertiary/aromatic N) is 1. The predicted molar refractivity (Wildman–Crippen MR) is 138 cm³/mol. The van der Waals surface area contributed by atoms with Crippen LogP contribution in [0, 0.1) is 0 Å². The van der Waals surface area contributed by atoms with Crippen molar-refractivity contribution in [3.8, 4) is 0 Å². The lowest BCUT2D eigenvalue weighted by Gasteiger charge is -2.25. The normalized spacial score (nSPS) is 14.7. The molecule has 1 fully saturated rings. The van der Waals surface area contributed by atoms with Gasteiger partial charge in [-0.2, -0.15) is 0 Å². The van der Waals surface area contributed by atoms with Gasteiger partial charge in [-0.1, -0.05) is 110 Å². The van der Waals surface area contributed by atoms with E-state index < -0.39 is 0 Å². The first-order valence-corrected chi connectivity index (χ1v) is 14.4. The molecule has 0 bridgehead atoms. The number of piperidine rings is 1. The molecule has 1 rings (SSSR count). The molecule has 1 saturated heterocycles. The van der Waals surface area contributed by atoms with Crippen molar-refractivity contribution in [1.29, 1.82) is 0 Å². The van der Waals surface area contributed by atoms with Crippen molar-refractivity contribution < 1.29 is 9.53 Å². The number of amides is 1. The Bertz CT molecular complexity index is 397. The molecule has 1 amide bonds. The van der Waals surface area contributed by atoms with Gasteiger partial charge >= 0.3 is 0 Å². The molecular weight excluding hydrogens is 396 g/mol. The molecule has 0 radical (unpaired) electrons. The van der Waals surface area contributed by atoms with Crippen molar-refractivity contribution in [3.05, 3.63) is 0 Å². The van der Waals surface area contributed by atoms with Crippen LogP contribution >= 0.6 is 0 Å². The first-order valence-electron chi connectivity index (χ1n) is 14.4. The van der Waals surface area contributed by atoms with Gasteiger partial charge in [0, 0.05) is 19.8 Å². The van der Waals surface area contributed by atoms with Gasteiger partial charge in [0.1, 0.15) is 0 Å². The zero-order valence-corrected chi connectivity index (χ0v) is 21.6. The summed E-state index contributed by atoms with van der Waals surface area (Å²) in [4.78, 5) is 14.2. The van der Waals surface area contributed by atoms with Crippen LogP contribution < -0.4 is 5.32 Å². The molecule has 1 aliphatic rings. The quantitative estimate of drug-likeness (QED) is 0.166. The summed E-state index contributed by atoms with van der Waals surface area (Å²) >= 11 is 0. The molecule has 0 aromatic heterocycles. The van der Waals surface area contributed by atoms with Gasteiger partial charge in [0.15, 0.2) is 0 Å². The summed E-state index contributed by atoms with van der Waals surface area (Å²) in [5.74, 6) is 0.171. The van der Waals surface area contributed by atoms with Crippen LogP contribution in [-0.4, -0.2) is 50.2 Å².